The lowest BCUT2D eigenvalue weighted by molar-refractivity contribution is -0.121. The van der Waals surface area contributed by atoms with Gasteiger partial charge >= 0.3 is 0 Å². The predicted molar refractivity (Wildman–Crippen MR) is 162 cm³/mol. The van der Waals surface area contributed by atoms with Crippen molar-refractivity contribution in [1.82, 2.24) is 15.5 Å². The minimum Gasteiger partial charge on any atom is -0.388 e. The second-order valence-corrected chi connectivity index (χ2v) is 11.5. The summed E-state index contributed by atoms with van der Waals surface area (Å²) in [5.74, 6) is -2.33. The summed E-state index contributed by atoms with van der Waals surface area (Å²) in [6.45, 7) is 8.15. The number of halogens is 2. The first-order valence-electron chi connectivity index (χ1n) is 14.2. The van der Waals surface area contributed by atoms with E-state index < -0.39 is 47.7 Å². The van der Waals surface area contributed by atoms with E-state index in [9.17, 15) is 33.4 Å². The fourth-order valence-corrected chi connectivity index (χ4v) is 5.37. The number of carbonyl (C=O) groups is 3. The molecule has 0 radical (unpaired) electrons. The lowest BCUT2D eigenvalue weighted by Gasteiger charge is -2.33. The maximum Gasteiger partial charge on any atom is 0.253 e. The molecule has 4 atom stereocenters. The SMILES string of the molecule is CCCN(CCC)C(=O)c1cc(C)cc(C(=O)NC(Cc2cc(F)cc(F)c2)C(O)C(O)C(CCSC)NC(C)=O)c1. The molecule has 0 aliphatic carbocycles. The summed E-state index contributed by atoms with van der Waals surface area (Å²) in [6.07, 6.45) is 0.425. The van der Waals surface area contributed by atoms with Gasteiger partial charge in [-0.25, -0.2) is 8.78 Å². The molecule has 8 nitrogen and oxygen atoms in total. The van der Waals surface area contributed by atoms with E-state index >= 15 is 0 Å². The van der Waals surface area contributed by atoms with E-state index in [-0.39, 0.29) is 23.5 Å². The Labute approximate surface area is 251 Å². The Morgan fingerprint density at radius 1 is 0.881 bits per heavy atom. The molecular formula is C31H43F2N3O5S. The minimum atomic E-state index is -1.62. The Bertz CT molecular complexity index is 1190. The number of hydrogen-bond donors (Lipinski definition) is 4. The van der Waals surface area contributed by atoms with E-state index in [2.05, 4.69) is 10.6 Å². The number of aliphatic hydroxyl groups excluding tert-OH is 2. The molecule has 0 heterocycles. The zero-order valence-corrected chi connectivity index (χ0v) is 25.8. The predicted octanol–water partition coefficient (Wildman–Crippen LogP) is 3.86. The van der Waals surface area contributed by atoms with E-state index in [1.165, 1.54) is 24.8 Å². The normalized spacial score (nSPS) is 14.0. The zero-order valence-electron chi connectivity index (χ0n) is 25.0. The third kappa shape index (κ3) is 10.7. The average Bonchev–Trinajstić information content (AvgIpc) is 2.92. The van der Waals surface area contributed by atoms with Gasteiger partial charge < -0.3 is 25.7 Å². The highest BCUT2D eigenvalue weighted by Crippen LogP contribution is 2.18. The lowest BCUT2D eigenvalue weighted by atomic mass is 9.92. The third-order valence-corrected chi connectivity index (χ3v) is 7.40. The van der Waals surface area contributed by atoms with Crippen LogP contribution < -0.4 is 10.6 Å². The molecule has 2 aromatic rings. The summed E-state index contributed by atoms with van der Waals surface area (Å²) in [5, 5.41) is 27.7. The largest absolute Gasteiger partial charge is 0.388 e. The molecule has 0 bridgehead atoms. The minimum absolute atomic E-state index is 0.152. The second-order valence-electron chi connectivity index (χ2n) is 10.5. The van der Waals surface area contributed by atoms with Crippen molar-refractivity contribution < 1.29 is 33.4 Å². The van der Waals surface area contributed by atoms with Crippen LogP contribution >= 0.6 is 11.8 Å². The second kappa shape index (κ2) is 17.2. The molecule has 0 saturated heterocycles. The first-order valence-corrected chi connectivity index (χ1v) is 15.6. The number of aryl methyl sites for hydroxylation is 1. The zero-order chi connectivity index (χ0) is 31.4. The van der Waals surface area contributed by atoms with Crippen molar-refractivity contribution in [1.29, 1.82) is 0 Å². The molecule has 42 heavy (non-hydrogen) atoms. The number of nitrogens with one attached hydrogen (secondary N) is 2. The third-order valence-electron chi connectivity index (χ3n) is 6.75. The standard InChI is InChI=1S/C31H43F2N3O5S/c1-6-9-36(10-7-2)31(41)23-13-19(3)12-22(17-23)30(40)35-27(16-21-14-24(32)18-25(33)15-21)29(39)28(38)26(8-11-42-5)34-20(4)37/h12-15,17-18,26-29,38-39H,6-11,16H2,1-5H3,(H,34,37)(H,35,40). The van der Waals surface area contributed by atoms with Crippen molar-refractivity contribution in [2.24, 2.45) is 0 Å². The van der Waals surface area contributed by atoms with Crippen LogP contribution in [-0.4, -0.2) is 82.2 Å². The van der Waals surface area contributed by atoms with Gasteiger partial charge in [-0.3, -0.25) is 14.4 Å². The number of aliphatic hydroxyl groups is 2. The highest BCUT2D eigenvalue weighted by molar-refractivity contribution is 7.98. The van der Waals surface area contributed by atoms with Gasteiger partial charge in [0.1, 0.15) is 23.8 Å². The first kappa shape index (κ1) is 35.2. The van der Waals surface area contributed by atoms with Crippen LogP contribution in [0.15, 0.2) is 36.4 Å². The quantitative estimate of drug-likeness (QED) is 0.230. The number of amides is 3. The number of nitrogens with zero attached hydrogens (tertiary/aromatic N) is 1. The van der Waals surface area contributed by atoms with Gasteiger partial charge in [-0.15, -0.1) is 0 Å². The van der Waals surface area contributed by atoms with Crippen LogP contribution in [0.3, 0.4) is 0 Å². The first-order chi connectivity index (χ1) is 19.9. The van der Waals surface area contributed by atoms with Crippen LogP contribution in [0.2, 0.25) is 0 Å². The summed E-state index contributed by atoms with van der Waals surface area (Å²) in [6, 6.07) is 5.62. The molecule has 0 aliphatic rings. The lowest BCUT2D eigenvalue weighted by Crippen LogP contribution is -2.56. The molecule has 232 valence electrons. The fraction of sp³-hybridized carbons (Fsp3) is 0.516. The molecule has 0 aliphatic heterocycles. The Balaban J connectivity index is 2.43. The van der Waals surface area contributed by atoms with E-state index in [1.54, 1.807) is 24.0 Å². The molecule has 2 aromatic carbocycles. The van der Waals surface area contributed by atoms with Gasteiger partial charge in [-0.05, 0) is 86.1 Å². The van der Waals surface area contributed by atoms with Gasteiger partial charge in [0, 0.05) is 37.2 Å². The van der Waals surface area contributed by atoms with Crippen molar-refractivity contribution in [3.05, 3.63) is 70.3 Å². The number of carbonyl (C=O) groups excluding carboxylic acids is 3. The number of hydrogen-bond acceptors (Lipinski definition) is 6. The fourth-order valence-electron chi connectivity index (χ4n) is 4.88. The van der Waals surface area contributed by atoms with Gasteiger partial charge in [-0.1, -0.05) is 13.8 Å². The molecule has 0 aromatic heterocycles. The van der Waals surface area contributed by atoms with Gasteiger partial charge in [0.2, 0.25) is 5.91 Å². The molecule has 0 spiro atoms. The van der Waals surface area contributed by atoms with E-state index in [4.69, 9.17) is 0 Å². The average molecular weight is 608 g/mol. The molecule has 3 amide bonds. The topological polar surface area (TPSA) is 119 Å². The highest BCUT2D eigenvalue weighted by atomic mass is 32.2. The highest BCUT2D eigenvalue weighted by Gasteiger charge is 2.34. The van der Waals surface area contributed by atoms with Crippen molar-refractivity contribution in [3.8, 4) is 0 Å². The van der Waals surface area contributed by atoms with Crippen LogP contribution in [0.1, 0.15) is 71.9 Å². The van der Waals surface area contributed by atoms with Gasteiger partial charge in [-0.2, -0.15) is 11.8 Å². The van der Waals surface area contributed by atoms with Gasteiger partial charge in [0.15, 0.2) is 0 Å². The van der Waals surface area contributed by atoms with Crippen molar-refractivity contribution in [2.75, 3.05) is 25.1 Å². The van der Waals surface area contributed by atoms with E-state index in [0.717, 1.165) is 25.0 Å². The monoisotopic (exact) mass is 607 g/mol. The summed E-state index contributed by atoms with van der Waals surface area (Å²) < 4.78 is 28.0. The molecular weight excluding hydrogens is 564 g/mol. The van der Waals surface area contributed by atoms with Crippen LogP contribution in [-0.2, 0) is 11.2 Å². The van der Waals surface area contributed by atoms with Gasteiger partial charge in [0.05, 0.1) is 12.1 Å². The Hall–Kier alpha value is -3.02. The molecule has 0 fully saturated rings. The molecule has 4 unspecified atom stereocenters. The van der Waals surface area contributed by atoms with E-state index in [0.29, 0.717) is 42.5 Å². The van der Waals surface area contributed by atoms with Crippen LogP contribution in [0.4, 0.5) is 8.78 Å². The smallest absolute Gasteiger partial charge is 0.253 e. The van der Waals surface area contributed by atoms with Crippen molar-refractivity contribution in [2.45, 2.75) is 77.7 Å². The Morgan fingerprint density at radius 3 is 2.00 bits per heavy atom. The summed E-state index contributed by atoms with van der Waals surface area (Å²) in [5.41, 5.74) is 1.32. The number of rotatable bonds is 16. The maximum absolute atomic E-state index is 14.0. The Morgan fingerprint density at radius 2 is 1.45 bits per heavy atom. The summed E-state index contributed by atoms with van der Waals surface area (Å²) in [7, 11) is 0. The van der Waals surface area contributed by atoms with Crippen LogP contribution in [0, 0.1) is 18.6 Å². The van der Waals surface area contributed by atoms with Gasteiger partial charge in [0.25, 0.3) is 11.8 Å². The van der Waals surface area contributed by atoms with Crippen LogP contribution in [0.5, 0.6) is 0 Å². The molecule has 0 saturated carbocycles. The summed E-state index contributed by atoms with van der Waals surface area (Å²) in [4.78, 5) is 40.3. The molecule has 4 N–H and O–H groups in total. The number of thioether (sulfide) groups is 1. The molecule has 2 rings (SSSR count). The Kier molecular flexibility index (Phi) is 14.4. The van der Waals surface area contributed by atoms with Crippen molar-refractivity contribution in [3.63, 3.8) is 0 Å². The molecule has 11 heteroatoms. The summed E-state index contributed by atoms with van der Waals surface area (Å²) >= 11 is 1.49. The number of benzene rings is 2. The van der Waals surface area contributed by atoms with E-state index in [1.807, 2.05) is 20.1 Å². The maximum atomic E-state index is 14.0. The van der Waals surface area contributed by atoms with Crippen molar-refractivity contribution >= 4 is 29.5 Å². The van der Waals surface area contributed by atoms with Crippen LogP contribution in [0.25, 0.3) is 0 Å².